The Kier molecular flexibility index (Phi) is 4.99. The topological polar surface area (TPSA) is 57.3 Å². The minimum atomic E-state index is -0.211. The number of aryl methyl sites for hydroxylation is 2. The lowest BCUT2D eigenvalue weighted by Crippen LogP contribution is -2.28. The number of hydrogen-bond acceptors (Lipinski definition) is 3. The summed E-state index contributed by atoms with van der Waals surface area (Å²) in [5, 5.41) is 5.75. The molecule has 0 saturated carbocycles. The summed E-state index contributed by atoms with van der Waals surface area (Å²) < 4.78 is 0. The molecule has 2 aromatic rings. The Bertz CT molecular complexity index is 667. The Morgan fingerprint density at radius 1 is 1.18 bits per heavy atom. The van der Waals surface area contributed by atoms with Gasteiger partial charge in [0.2, 0.25) is 0 Å². The van der Waals surface area contributed by atoms with Gasteiger partial charge in [-0.25, -0.2) is 9.78 Å². The number of nitrogens with zero attached hydrogens (tertiary/aromatic N) is 2. The molecular weight excluding hydrogens is 276 g/mol. The lowest BCUT2D eigenvalue weighted by atomic mass is 10.1. The predicted octanol–water partition coefficient (Wildman–Crippen LogP) is 3.09. The van der Waals surface area contributed by atoms with Gasteiger partial charge >= 0.3 is 6.03 Å². The molecule has 0 aliphatic heterocycles. The van der Waals surface area contributed by atoms with Crippen LogP contribution >= 0.6 is 0 Å². The van der Waals surface area contributed by atoms with E-state index in [-0.39, 0.29) is 6.03 Å². The van der Waals surface area contributed by atoms with Crippen molar-refractivity contribution < 1.29 is 4.79 Å². The van der Waals surface area contributed by atoms with Gasteiger partial charge in [0.15, 0.2) is 0 Å². The molecule has 5 heteroatoms. The molecule has 2 N–H and O–H groups in total. The molecule has 1 aromatic heterocycles. The van der Waals surface area contributed by atoms with Gasteiger partial charge in [0.05, 0.1) is 0 Å². The number of carbonyl (C=O) groups excluding carboxylic acids is 1. The second-order valence-corrected chi connectivity index (χ2v) is 5.54. The van der Waals surface area contributed by atoms with E-state index in [9.17, 15) is 4.79 Å². The van der Waals surface area contributed by atoms with Crippen LogP contribution in [-0.2, 0) is 6.54 Å². The van der Waals surface area contributed by atoms with E-state index in [0.717, 1.165) is 28.2 Å². The predicted molar refractivity (Wildman–Crippen MR) is 90.3 cm³/mol. The maximum atomic E-state index is 12.0. The van der Waals surface area contributed by atoms with E-state index in [1.165, 1.54) is 0 Å². The van der Waals surface area contributed by atoms with E-state index in [2.05, 4.69) is 15.6 Å². The minimum Gasteiger partial charge on any atom is -0.363 e. The van der Waals surface area contributed by atoms with Crippen LogP contribution in [0, 0.1) is 13.8 Å². The van der Waals surface area contributed by atoms with Gasteiger partial charge in [0.1, 0.15) is 5.82 Å². The standard InChI is InChI=1S/C17H22N4O/c1-12-5-6-13(2)15(9-12)20-17(22)19-11-14-7-8-18-16(10-14)21(3)4/h5-10H,11H2,1-4H3,(H2,19,20,22). The molecule has 0 aliphatic carbocycles. The van der Waals surface area contributed by atoms with Gasteiger partial charge in [-0.05, 0) is 48.7 Å². The first-order valence-corrected chi connectivity index (χ1v) is 7.20. The zero-order valence-electron chi connectivity index (χ0n) is 13.5. The Hall–Kier alpha value is -2.56. The van der Waals surface area contributed by atoms with Crippen molar-refractivity contribution in [3.8, 4) is 0 Å². The Labute approximate surface area is 131 Å². The van der Waals surface area contributed by atoms with Gasteiger partial charge in [0.25, 0.3) is 0 Å². The minimum absolute atomic E-state index is 0.211. The first-order chi connectivity index (χ1) is 10.5. The third kappa shape index (κ3) is 4.22. The average molecular weight is 298 g/mol. The zero-order chi connectivity index (χ0) is 16.1. The van der Waals surface area contributed by atoms with Crippen LogP contribution in [0.1, 0.15) is 16.7 Å². The third-order valence-electron chi connectivity index (χ3n) is 3.36. The highest BCUT2D eigenvalue weighted by Crippen LogP contribution is 2.16. The fourth-order valence-electron chi connectivity index (χ4n) is 2.03. The van der Waals surface area contributed by atoms with E-state index in [1.54, 1.807) is 6.20 Å². The van der Waals surface area contributed by atoms with Gasteiger partial charge in [-0.15, -0.1) is 0 Å². The lowest BCUT2D eigenvalue weighted by molar-refractivity contribution is 0.251. The molecule has 0 aliphatic rings. The van der Waals surface area contributed by atoms with Crippen molar-refractivity contribution in [1.82, 2.24) is 10.3 Å². The largest absolute Gasteiger partial charge is 0.363 e. The SMILES string of the molecule is Cc1ccc(C)c(NC(=O)NCc2ccnc(N(C)C)c2)c1. The maximum absolute atomic E-state index is 12.0. The monoisotopic (exact) mass is 298 g/mol. The maximum Gasteiger partial charge on any atom is 0.319 e. The molecule has 0 unspecified atom stereocenters. The number of carbonyl (C=O) groups is 1. The fourth-order valence-corrected chi connectivity index (χ4v) is 2.03. The van der Waals surface area contributed by atoms with Gasteiger partial charge in [0, 0.05) is 32.5 Å². The smallest absolute Gasteiger partial charge is 0.319 e. The number of amides is 2. The molecule has 0 atom stereocenters. The van der Waals surface area contributed by atoms with Crippen molar-refractivity contribution >= 4 is 17.5 Å². The quantitative estimate of drug-likeness (QED) is 0.912. The summed E-state index contributed by atoms with van der Waals surface area (Å²) in [5.74, 6) is 0.870. The summed E-state index contributed by atoms with van der Waals surface area (Å²) >= 11 is 0. The van der Waals surface area contributed by atoms with Crippen molar-refractivity contribution in [2.24, 2.45) is 0 Å². The molecule has 0 fully saturated rings. The van der Waals surface area contributed by atoms with E-state index in [1.807, 2.05) is 63.2 Å². The number of benzene rings is 1. The molecule has 0 saturated heterocycles. The third-order valence-corrected chi connectivity index (χ3v) is 3.36. The lowest BCUT2D eigenvalue weighted by Gasteiger charge is -2.13. The number of urea groups is 1. The summed E-state index contributed by atoms with van der Waals surface area (Å²) in [7, 11) is 3.87. The van der Waals surface area contributed by atoms with Crippen molar-refractivity contribution in [3.63, 3.8) is 0 Å². The van der Waals surface area contributed by atoms with Gasteiger partial charge in [-0.1, -0.05) is 12.1 Å². The summed E-state index contributed by atoms with van der Waals surface area (Å²) in [6.07, 6.45) is 1.74. The summed E-state index contributed by atoms with van der Waals surface area (Å²) in [6, 6.07) is 9.63. The van der Waals surface area contributed by atoms with Crippen LogP contribution in [0.3, 0.4) is 0 Å². The van der Waals surface area contributed by atoms with Gasteiger partial charge in [-0.2, -0.15) is 0 Å². The van der Waals surface area contributed by atoms with Crippen molar-refractivity contribution in [2.45, 2.75) is 20.4 Å². The van der Waals surface area contributed by atoms with Crippen LogP contribution in [0.4, 0.5) is 16.3 Å². The Balaban J connectivity index is 1.95. The number of pyridine rings is 1. The molecule has 0 radical (unpaired) electrons. The summed E-state index contributed by atoms with van der Waals surface area (Å²) in [5.41, 5.74) is 4.00. The number of anilines is 2. The fraction of sp³-hybridized carbons (Fsp3) is 0.294. The van der Waals surface area contributed by atoms with Gasteiger partial charge < -0.3 is 15.5 Å². The molecule has 1 heterocycles. The van der Waals surface area contributed by atoms with Crippen LogP contribution in [0.25, 0.3) is 0 Å². The number of nitrogens with one attached hydrogen (secondary N) is 2. The zero-order valence-corrected chi connectivity index (χ0v) is 13.5. The molecular formula is C17H22N4O. The van der Waals surface area contributed by atoms with Crippen molar-refractivity contribution in [3.05, 3.63) is 53.2 Å². The molecule has 116 valence electrons. The Morgan fingerprint density at radius 2 is 1.95 bits per heavy atom. The van der Waals surface area contributed by atoms with Crippen LogP contribution in [0.15, 0.2) is 36.5 Å². The highest BCUT2D eigenvalue weighted by molar-refractivity contribution is 5.90. The summed E-state index contributed by atoms with van der Waals surface area (Å²) in [6.45, 7) is 4.43. The van der Waals surface area contributed by atoms with E-state index >= 15 is 0 Å². The molecule has 5 nitrogen and oxygen atoms in total. The average Bonchev–Trinajstić information content (AvgIpc) is 2.49. The Morgan fingerprint density at radius 3 is 2.68 bits per heavy atom. The second-order valence-electron chi connectivity index (χ2n) is 5.54. The van der Waals surface area contributed by atoms with E-state index in [0.29, 0.717) is 6.54 Å². The molecule has 22 heavy (non-hydrogen) atoms. The van der Waals surface area contributed by atoms with E-state index < -0.39 is 0 Å². The summed E-state index contributed by atoms with van der Waals surface area (Å²) in [4.78, 5) is 18.2. The first-order valence-electron chi connectivity index (χ1n) is 7.20. The van der Waals surface area contributed by atoms with Crippen molar-refractivity contribution in [1.29, 1.82) is 0 Å². The van der Waals surface area contributed by atoms with Gasteiger partial charge in [-0.3, -0.25) is 0 Å². The number of rotatable bonds is 4. The van der Waals surface area contributed by atoms with Crippen molar-refractivity contribution in [2.75, 3.05) is 24.3 Å². The molecule has 0 bridgehead atoms. The molecule has 1 aromatic carbocycles. The first kappa shape index (κ1) is 15.8. The molecule has 2 amide bonds. The van der Waals surface area contributed by atoms with E-state index in [4.69, 9.17) is 0 Å². The number of aromatic nitrogens is 1. The highest BCUT2D eigenvalue weighted by Gasteiger charge is 2.05. The van der Waals surface area contributed by atoms with Crippen LogP contribution < -0.4 is 15.5 Å². The highest BCUT2D eigenvalue weighted by atomic mass is 16.2. The van der Waals surface area contributed by atoms with Crippen LogP contribution in [0.5, 0.6) is 0 Å². The van der Waals surface area contributed by atoms with Crippen LogP contribution in [0.2, 0.25) is 0 Å². The van der Waals surface area contributed by atoms with Crippen LogP contribution in [-0.4, -0.2) is 25.1 Å². The normalized spacial score (nSPS) is 10.2. The molecule has 2 rings (SSSR count). The molecule has 0 spiro atoms. The second kappa shape index (κ2) is 6.93. The number of hydrogen-bond donors (Lipinski definition) is 2.